The zero-order chi connectivity index (χ0) is 15.2. The Hall–Kier alpha value is -1.74. The number of aryl methyl sites for hydroxylation is 1. The third-order valence-electron chi connectivity index (χ3n) is 3.52. The summed E-state index contributed by atoms with van der Waals surface area (Å²) in [6, 6.07) is 10.6. The molecule has 0 atom stereocenters. The summed E-state index contributed by atoms with van der Waals surface area (Å²) in [5.74, 6) is 0. The molecular formula is C17H22ClN3. The highest BCUT2D eigenvalue weighted by atomic mass is 35.5. The topological polar surface area (TPSA) is 28.2 Å². The zero-order valence-electron chi connectivity index (χ0n) is 12.9. The first-order valence-corrected chi connectivity index (χ1v) is 7.71. The molecule has 112 valence electrons. The quantitative estimate of drug-likeness (QED) is 0.796. The molecule has 0 saturated carbocycles. The molecule has 0 saturated heterocycles. The molecule has 1 aromatic heterocycles. The molecule has 0 aliphatic carbocycles. The smallest absolute Gasteiger partial charge is 0.152 e. The molecule has 0 fully saturated rings. The molecule has 0 aliphatic heterocycles. The molecule has 3 nitrogen and oxygen atoms in total. The van der Waals surface area contributed by atoms with Gasteiger partial charge in [-0.2, -0.15) is 0 Å². The molecular weight excluding hydrogens is 282 g/mol. The SMILES string of the molecule is CCN(CC)c1ccc(CNc2cc(C)cnc2Cl)cc1. The van der Waals surface area contributed by atoms with Crippen LogP contribution in [0, 0.1) is 6.92 Å². The molecule has 1 aromatic carbocycles. The number of hydrogen-bond acceptors (Lipinski definition) is 3. The van der Waals surface area contributed by atoms with E-state index in [9.17, 15) is 0 Å². The number of hydrogen-bond donors (Lipinski definition) is 1. The van der Waals surface area contributed by atoms with Crippen LogP contribution in [0.1, 0.15) is 25.0 Å². The summed E-state index contributed by atoms with van der Waals surface area (Å²) in [5, 5.41) is 3.85. The minimum Gasteiger partial charge on any atom is -0.378 e. The molecule has 2 aromatic rings. The van der Waals surface area contributed by atoms with E-state index in [1.54, 1.807) is 6.20 Å². The Morgan fingerprint density at radius 2 is 1.81 bits per heavy atom. The van der Waals surface area contributed by atoms with Crippen LogP contribution in [-0.4, -0.2) is 18.1 Å². The second-order valence-electron chi connectivity index (χ2n) is 5.04. The standard InChI is InChI=1S/C17H22ClN3/c1-4-21(5-2)15-8-6-14(7-9-15)12-19-16-10-13(3)11-20-17(16)18/h6-11,19H,4-5,12H2,1-3H3. The lowest BCUT2D eigenvalue weighted by Gasteiger charge is -2.21. The van der Waals surface area contributed by atoms with Crippen molar-refractivity contribution in [2.24, 2.45) is 0 Å². The van der Waals surface area contributed by atoms with E-state index in [4.69, 9.17) is 11.6 Å². The van der Waals surface area contributed by atoms with Crippen molar-refractivity contribution in [2.45, 2.75) is 27.3 Å². The number of aromatic nitrogens is 1. The van der Waals surface area contributed by atoms with Crippen molar-refractivity contribution in [3.63, 3.8) is 0 Å². The number of nitrogens with zero attached hydrogens (tertiary/aromatic N) is 2. The maximum Gasteiger partial charge on any atom is 0.152 e. The molecule has 21 heavy (non-hydrogen) atoms. The van der Waals surface area contributed by atoms with E-state index in [1.807, 2.05) is 13.0 Å². The van der Waals surface area contributed by atoms with Crippen LogP contribution in [0.2, 0.25) is 5.15 Å². The van der Waals surface area contributed by atoms with Gasteiger partial charge < -0.3 is 10.2 Å². The van der Waals surface area contributed by atoms with Gasteiger partial charge in [0, 0.05) is 31.5 Å². The largest absolute Gasteiger partial charge is 0.378 e. The molecule has 4 heteroatoms. The molecule has 1 N–H and O–H groups in total. The molecule has 0 spiro atoms. The zero-order valence-corrected chi connectivity index (χ0v) is 13.6. The second-order valence-corrected chi connectivity index (χ2v) is 5.40. The number of pyridine rings is 1. The van der Waals surface area contributed by atoms with Gasteiger partial charge in [0.15, 0.2) is 5.15 Å². The highest BCUT2D eigenvalue weighted by Gasteiger charge is 2.03. The Morgan fingerprint density at radius 1 is 1.14 bits per heavy atom. The van der Waals surface area contributed by atoms with E-state index >= 15 is 0 Å². The molecule has 0 radical (unpaired) electrons. The van der Waals surface area contributed by atoms with Crippen molar-refractivity contribution in [1.82, 2.24) is 4.98 Å². The van der Waals surface area contributed by atoms with Gasteiger partial charge in [0.05, 0.1) is 5.69 Å². The van der Waals surface area contributed by atoms with Crippen LogP contribution < -0.4 is 10.2 Å². The Morgan fingerprint density at radius 3 is 2.43 bits per heavy atom. The van der Waals surface area contributed by atoms with Crippen LogP contribution in [0.15, 0.2) is 36.5 Å². The van der Waals surface area contributed by atoms with Gasteiger partial charge >= 0.3 is 0 Å². The first-order valence-electron chi connectivity index (χ1n) is 7.34. The van der Waals surface area contributed by atoms with Crippen molar-refractivity contribution in [3.8, 4) is 0 Å². The Kier molecular flexibility index (Phi) is 5.45. The minimum atomic E-state index is 0.514. The molecule has 0 amide bonds. The van der Waals surface area contributed by atoms with Crippen LogP contribution in [0.5, 0.6) is 0 Å². The van der Waals surface area contributed by atoms with Crippen LogP contribution >= 0.6 is 11.6 Å². The summed E-state index contributed by atoms with van der Waals surface area (Å²) in [4.78, 5) is 6.48. The minimum absolute atomic E-state index is 0.514. The van der Waals surface area contributed by atoms with Crippen LogP contribution in [-0.2, 0) is 6.54 Å². The third kappa shape index (κ3) is 4.11. The fourth-order valence-electron chi connectivity index (χ4n) is 2.29. The Labute approximate surface area is 132 Å². The first-order chi connectivity index (χ1) is 10.1. The lowest BCUT2D eigenvalue weighted by atomic mass is 10.2. The average Bonchev–Trinajstić information content (AvgIpc) is 2.51. The number of benzene rings is 1. The normalized spacial score (nSPS) is 10.5. The van der Waals surface area contributed by atoms with Crippen molar-refractivity contribution >= 4 is 23.0 Å². The van der Waals surface area contributed by atoms with Gasteiger partial charge in [0.2, 0.25) is 0 Å². The van der Waals surface area contributed by atoms with Crippen molar-refractivity contribution in [3.05, 3.63) is 52.8 Å². The van der Waals surface area contributed by atoms with E-state index in [0.29, 0.717) is 5.15 Å². The summed E-state index contributed by atoms with van der Waals surface area (Å²) in [5.41, 5.74) is 4.46. The van der Waals surface area contributed by atoms with Crippen molar-refractivity contribution < 1.29 is 0 Å². The molecule has 1 heterocycles. The number of rotatable bonds is 6. The van der Waals surface area contributed by atoms with Crippen LogP contribution in [0.25, 0.3) is 0 Å². The summed E-state index contributed by atoms with van der Waals surface area (Å²) in [6.45, 7) is 9.14. The maximum absolute atomic E-state index is 6.09. The summed E-state index contributed by atoms with van der Waals surface area (Å²) in [7, 11) is 0. The lowest BCUT2D eigenvalue weighted by Crippen LogP contribution is -2.21. The van der Waals surface area contributed by atoms with E-state index in [0.717, 1.165) is 30.9 Å². The van der Waals surface area contributed by atoms with Gasteiger partial charge in [-0.3, -0.25) is 0 Å². The van der Waals surface area contributed by atoms with E-state index in [1.165, 1.54) is 11.3 Å². The van der Waals surface area contributed by atoms with Gasteiger partial charge in [-0.25, -0.2) is 4.98 Å². The van der Waals surface area contributed by atoms with Gasteiger partial charge in [-0.05, 0) is 50.1 Å². The summed E-state index contributed by atoms with van der Waals surface area (Å²) >= 11 is 6.09. The Balaban J connectivity index is 2.02. The monoisotopic (exact) mass is 303 g/mol. The number of anilines is 2. The van der Waals surface area contributed by atoms with E-state index < -0.39 is 0 Å². The predicted octanol–water partition coefficient (Wildman–Crippen LogP) is 4.50. The highest BCUT2D eigenvalue weighted by molar-refractivity contribution is 6.31. The fraction of sp³-hybridized carbons (Fsp3) is 0.353. The van der Waals surface area contributed by atoms with Crippen molar-refractivity contribution in [2.75, 3.05) is 23.3 Å². The second kappa shape index (κ2) is 7.32. The molecule has 0 unspecified atom stereocenters. The van der Waals surface area contributed by atoms with Gasteiger partial charge in [0.25, 0.3) is 0 Å². The van der Waals surface area contributed by atoms with Gasteiger partial charge in [-0.1, -0.05) is 23.7 Å². The lowest BCUT2D eigenvalue weighted by molar-refractivity contribution is 0.865. The number of halogens is 1. The van der Waals surface area contributed by atoms with Gasteiger partial charge in [0.1, 0.15) is 0 Å². The molecule has 0 bridgehead atoms. The maximum atomic E-state index is 6.09. The average molecular weight is 304 g/mol. The van der Waals surface area contributed by atoms with Crippen molar-refractivity contribution in [1.29, 1.82) is 0 Å². The highest BCUT2D eigenvalue weighted by Crippen LogP contribution is 2.21. The summed E-state index contributed by atoms with van der Waals surface area (Å²) < 4.78 is 0. The van der Waals surface area contributed by atoms with Gasteiger partial charge in [-0.15, -0.1) is 0 Å². The third-order valence-corrected chi connectivity index (χ3v) is 3.82. The molecule has 2 rings (SSSR count). The summed E-state index contributed by atoms with van der Waals surface area (Å²) in [6.07, 6.45) is 1.77. The fourth-order valence-corrected chi connectivity index (χ4v) is 2.46. The van der Waals surface area contributed by atoms with Crippen LogP contribution in [0.3, 0.4) is 0 Å². The molecule has 0 aliphatic rings. The van der Waals surface area contributed by atoms with E-state index in [-0.39, 0.29) is 0 Å². The van der Waals surface area contributed by atoms with Crippen LogP contribution in [0.4, 0.5) is 11.4 Å². The Bertz CT molecular complexity index is 577. The van der Waals surface area contributed by atoms with E-state index in [2.05, 4.69) is 53.3 Å². The number of nitrogens with one attached hydrogen (secondary N) is 1. The first kappa shape index (κ1) is 15.6. The predicted molar refractivity (Wildman–Crippen MR) is 91.3 cm³/mol.